The fraction of sp³-hybridized carbons (Fsp3) is 1.00. The van der Waals surface area contributed by atoms with Crippen LogP contribution in [0.2, 0.25) is 0 Å². The third-order valence-corrected chi connectivity index (χ3v) is 3.98. The van der Waals surface area contributed by atoms with Gasteiger partial charge in [-0.05, 0) is 24.8 Å². The van der Waals surface area contributed by atoms with E-state index in [2.05, 4.69) is 46.4 Å². The summed E-state index contributed by atoms with van der Waals surface area (Å²) in [7, 11) is 0. The largest absolute Gasteiger partial charge is 0.327 e. The first-order chi connectivity index (χ1) is 7.37. The van der Waals surface area contributed by atoms with Gasteiger partial charge in [0.25, 0.3) is 0 Å². The zero-order valence-corrected chi connectivity index (χ0v) is 12.2. The van der Waals surface area contributed by atoms with Crippen molar-refractivity contribution in [1.29, 1.82) is 0 Å². The Labute approximate surface area is 103 Å². The first-order valence-corrected chi connectivity index (χ1v) is 6.85. The van der Waals surface area contributed by atoms with Gasteiger partial charge in [-0.3, -0.25) is 0 Å². The topological polar surface area (TPSA) is 29.3 Å². The van der Waals surface area contributed by atoms with Crippen LogP contribution in [0, 0.1) is 11.3 Å². The first-order valence-electron chi connectivity index (χ1n) is 6.85. The van der Waals surface area contributed by atoms with Gasteiger partial charge in [0.15, 0.2) is 0 Å². The lowest BCUT2D eigenvalue weighted by Gasteiger charge is -2.36. The van der Waals surface area contributed by atoms with E-state index in [1.807, 2.05) is 0 Å². The molecule has 16 heavy (non-hydrogen) atoms. The van der Waals surface area contributed by atoms with Crippen LogP contribution >= 0.6 is 0 Å². The van der Waals surface area contributed by atoms with Crippen LogP contribution in [0.25, 0.3) is 0 Å². The molecule has 0 aliphatic heterocycles. The zero-order valence-electron chi connectivity index (χ0n) is 12.2. The number of nitrogens with two attached hydrogens (primary N) is 1. The summed E-state index contributed by atoms with van der Waals surface area (Å²) >= 11 is 0. The molecule has 0 aromatic heterocycles. The zero-order chi connectivity index (χ0) is 12.8. The van der Waals surface area contributed by atoms with Crippen LogP contribution in [0.4, 0.5) is 0 Å². The molecule has 98 valence electrons. The highest BCUT2D eigenvalue weighted by Crippen LogP contribution is 2.22. The van der Waals surface area contributed by atoms with Gasteiger partial charge in [-0.2, -0.15) is 0 Å². The molecule has 0 radical (unpaired) electrons. The van der Waals surface area contributed by atoms with Gasteiger partial charge >= 0.3 is 0 Å². The van der Waals surface area contributed by atoms with Gasteiger partial charge in [0, 0.05) is 19.1 Å². The Morgan fingerprint density at radius 2 is 1.62 bits per heavy atom. The van der Waals surface area contributed by atoms with E-state index in [0.717, 1.165) is 19.0 Å². The minimum absolute atomic E-state index is 0.210. The summed E-state index contributed by atoms with van der Waals surface area (Å²) in [5.41, 5.74) is 6.25. The molecule has 0 aliphatic carbocycles. The smallest absolute Gasteiger partial charge is 0.00739 e. The predicted octanol–water partition coefficient (Wildman–Crippen LogP) is 3.12. The highest BCUT2D eigenvalue weighted by molar-refractivity contribution is 4.81. The molecule has 0 spiro atoms. The average Bonchev–Trinajstić information content (AvgIpc) is 2.23. The highest BCUT2D eigenvalue weighted by Gasteiger charge is 2.25. The summed E-state index contributed by atoms with van der Waals surface area (Å²) in [6, 6.07) is 0.253. The molecule has 0 saturated carbocycles. The number of nitrogens with zero attached hydrogens (tertiary/aromatic N) is 1. The van der Waals surface area contributed by atoms with Crippen molar-refractivity contribution in [2.45, 2.75) is 60.4 Å². The van der Waals surface area contributed by atoms with Gasteiger partial charge in [-0.15, -0.1) is 0 Å². The molecule has 0 aliphatic rings. The Bertz CT molecular complexity index is 172. The molecule has 2 heteroatoms. The normalized spacial score (nSPS) is 14.8. The highest BCUT2D eigenvalue weighted by atomic mass is 15.1. The van der Waals surface area contributed by atoms with E-state index in [9.17, 15) is 0 Å². The molecule has 0 heterocycles. The van der Waals surface area contributed by atoms with Crippen molar-refractivity contribution in [3.05, 3.63) is 0 Å². The lowest BCUT2D eigenvalue weighted by molar-refractivity contribution is 0.142. The number of rotatable bonds is 8. The molecule has 2 nitrogen and oxygen atoms in total. The van der Waals surface area contributed by atoms with Crippen LogP contribution in [-0.4, -0.2) is 30.6 Å². The van der Waals surface area contributed by atoms with Gasteiger partial charge in [-0.1, -0.05) is 47.5 Å². The van der Waals surface area contributed by atoms with Crippen LogP contribution < -0.4 is 5.73 Å². The lowest BCUT2D eigenvalue weighted by Crippen LogP contribution is -2.45. The maximum atomic E-state index is 6.04. The van der Waals surface area contributed by atoms with E-state index in [1.165, 1.54) is 19.4 Å². The third-order valence-electron chi connectivity index (χ3n) is 3.98. The summed E-state index contributed by atoms with van der Waals surface area (Å²) in [6.45, 7) is 17.0. The molecule has 0 rings (SSSR count). The molecule has 1 atom stereocenters. The van der Waals surface area contributed by atoms with Crippen molar-refractivity contribution in [2.24, 2.45) is 17.1 Å². The molecule has 0 amide bonds. The second-order valence-electron chi connectivity index (χ2n) is 5.79. The predicted molar refractivity (Wildman–Crippen MR) is 73.6 cm³/mol. The van der Waals surface area contributed by atoms with E-state index in [1.54, 1.807) is 0 Å². The molecule has 0 fully saturated rings. The first kappa shape index (κ1) is 15.9. The van der Waals surface area contributed by atoms with Gasteiger partial charge in [-0.25, -0.2) is 0 Å². The fourth-order valence-electron chi connectivity index (χ4n) is 1.94. The maximum Gasteiger partial charge on any atom is 0.00739 e. The van der Waals surface area contributed by atoms with Crippen LogP contribution in [-0.2, 0) is 0 Å². The van der Waals surface area contributed by atoms with Gasteiger partial charge in [0.2, 0.25) is 0 Å². The molecule has 0 saturated heterocycles. The van der Waals surface area contributed by atoms with E-state index in [4.69, 9.17) is 5.73 Å². The second kappa shape index (κ2) is 7.29. The number of hydrogen-bond acceptors (Lipinski definition) is 2. The molecule has 0 aromatic rings. The Kier molecular flexibility index (Phi) is 7.25. The van der Waals surface area contributed by atoms with Crippen molar-refractivity contribution in [2.75, 3.05) is 19.6 Å². The molecule has 1 unspecified atom stereocenters. The van der Waals surface area contributed by atoms with Crippen LogP contribution in [0.3, 0.4) is 0 Å². The van der Waals surface area contributed by atoms with Gasteiger partial charge < -0.3 is 10.6 Å². The Morgan fingerprint density at radius 3 is 1.94 bits per heavy atom. The lowest BCUT2D eigenvalue weighted by atomic mass is 9.85. The quantitative estimate of drug-likeness (QED) is 0.691. The van der Waals surface area contributed by atoms with Crippen LogP contribution in [0.15, 0.2) is 0 Å². The van der Waals surface area contributed by atoms with Gasteiger partial charge in [0.05, 0.1) is 0 Å². The van der Waals surface area contributed by atoms with E-state index in [-0.39, 0.29) is 11.5 Å². The molecular formula is C14H32N2. The summed E-state index contributed by atoms with van der Waals surface area (Å²) in [4.78, 5) is 2.56. The second-order valence-corrected chi connectivity index (χ2v) is 5.79. The average molecular weight is 228 g/mol. The summed E-state index contributed by atoms with van der Waals surface area (Å²) in [5.74, 6) is 0.837. The van der Waals surface area contributed by atoms with E-state index >= 15 is 0 Å². The Hall–Kier alpha value is -0.0800. The summed E-state index contributed by atoms with van der Waals surface area (Å²) in [6.07, 6.45) is 2.57. The van der Waals surface area contributed by atoms with Crippen LogP contribution in [0.1, 0.15) is 54.4 Å². The molecule has 0 aromatic carbocycles. The summed E-state index contributed by atoms with van der Waals surface area (Å²) < 4.78 is 0. The van der Waals surface area contributed by atoms with Crippen molar-refractivity contribution >= 4 is 0 Å². The maximum absolute atomic E-state index is 6.04. The van der Waals surface area contributed by atoms with Crippen molar-refractivity contribution in [3.8, 4) is 0 Å². The Balaban J connectivity index is 4.29. The summed E-state index contributed by atoms with van der Waals surface area (Å²) in [5, 5.41) is 0. The minimum Gasteiger partial charge on any atom is -0.327 e. The Morgan fingerprint density at radius 1 is 1.12 bits per heavy atom. The fourth-order valence-corrected chi connectivity index (χ4v) is 1.94. The van der Waals surface area contributed by atoms with Crippen molar-refractivity contribution < 1.29 is 0 Å². The van der Waals surface area contributed by atoms with Crippen molar-refractivity contribution in [3.63, 3.8) is 0 Å². The minimum atomic E-state index is 0.210. The molecular weight excluding hydrogens is 196 g/mol. The standard InChI is InChI=1S/C14H32N2/c1-7-13(8-2)10-16(9-3)11-14(5,6)12(4)15/h12-13H,7-11,15H2,1-6H3. The third kappa shape index (κ3) is 5.31. The molecule has 2 N–H and O–H groups in total. The monoisotopic (exact) mass is 228 g/mol. The van der Waals surface area contributed by atoms with Crippen molar-refractivity contribution in [1.82, 2.24) is 4.90 Å². The van der Waals surface area contributed by atoms with Crippen LogP contribution in [0.5, 0.6) is 0 Å². The SMILES string of the molecule is CCC(CC)CN(CC)CC(C)(C)C(C)N. The molecule has 0 bridgehead atoms. The van der Waals surface area contributed by atoms with Gasteiger partial charge in [0.1, 0.15) is 0 Å². The van der Waals surface area contributed by atoms with E-state index < -0.39 is 0 Å². The van der Waals surface area contributed by atoms with E-state index in [0.29, 0.717) is 0 Å². The number of hydrogen-bond donors (Lipinski definition) is 1.